The van der Waals surface area contributed by atoms with Crippen LogP contribution in [-0.2, 0) is 4.79 Å². The van der Waals surface area contributed by atoms with E-state index >= 15 is 0 Å². The van der Waals surface area contributed by atoms with Crippen LogP contribution in [0.4, 0.5) is 0 Å². The summed E-state index contributed by atoms with van der Waals surface area (Å²) in [5.41, 5.74) is 0.745. The monoisotopic (exact) mass is 277 g/mol. The second kappa shape index (κ2) is 5.27. The number of rotatable bonds is 3. The molecule has 19 heavy (non-hydrogen) atoms. The van der Waals surface area contributed by atoms with E-state index in [2.05, 4.69) is 0 Å². The Balaban J connectivity index is 1.96. The summed E-state index contributed by atoms with van der Waals surface area (Å²) in [6, 6.07) is 8.79. The number of thioether (sulfide) groups is 1. The molecule has 0 spiro atoms. The van der Waals surface area contributed by atoms with Crippen LogP contribution in [0.15, 0.2) is 34.7 Å². The van der Waals surface area contributed by atoms with Crippen molar-refractivity contribution in [1.29, 1.82) is 0 Å². The fourth-order valence-corrected chi connectivity index (χ4v) is 3.36. The summed E-state index contributed by atoms with van der Waals surface area (Å²) in [6.07, 6.45) is 0. The number of carboxylic acids is 1. The van der Waals surface area contributed by atoms with E-state index in [1.165, 1.54) is 0 Å². The predicted molar refractivity (Wildman–Crippen MR) is 75.5 cm³/mol. The first-order valence-corrected chi connectivity index (χ1v) is 7.44. The van der Waals surface area contributed by atoms with Gasteiger partial charge in [0.15, 0.2) is 6.04 Å². The summed E-state index contributed by atoms with van der Waals surface area (Å²) in [5, 5.41) is 10.4. The lowest BCUT2D eigenvalue weighted by atomic mass is 10.1. The van der Waals surface area contributed by atoms with E-state index in [0.29, 0.717) is 5.76 Å². The van der Waals surface area contributed by atoms with Crippen LogP contribution in [0.5, 0.6) is 0 Å². The van der Waals surface area contributed by atoms with Crippen molar-refractivity contribution in [2.75, 3.05) is 24.6 Å². The summed E-state index contributed by atoms with van der Waals surface area (Å²) in [5.74, 6) is 1.64. The second-order valence-corrected chi connectivity index (χ2v) is 5.80. The number of aliphatic carboxylic acids is 1. The zero-order valence-corrected chi connectivity index (χ0v) is 11.2. The Labute approximate surface area is 115 Å². The van der Waals surface area contributed by atoms with Crippen molar-refractivity contribution in [2.24, 2.45) is 0 Å². The van der Waals surface area contributed by atoms with Crippen molar-refractivity contribution in [1.82, 2.24) is 4.90 Å². The molecule has 4 nitrogen and oxygen atoms in total. The Morgan fingerprint density at radius 3 is 2.74 bits per heavy atom. The van der Waals surface area contributed by atoms with Crippen molar-refractivity contribution in [3.05, 3.63) is 36.1 Å². The zero-order chi connectivity index (χ0) is 13.2. The Morgan fingerprint density at radius 1 is 1.32 bits per heavy atom. The number of fused-ring (bicyclic) bond motifs is 1. The van der Waals surface area contributed by atoms with Gasteiger partial charge in [0, 0.05) is 30.0 Å². The van der Waals surface area contributed by atoms with Crippen LogP contribution < -0.4 is 0 Å². The summed E-state index contributed by atoms with van der Waals surface area (Å²) in [4.78, 5) is 13.6. The molecule has 100 valence electrons. The molecule has 3 rings (SSSR count). The normalized spacial score (nSPS) is 18.5. The first-order valence-electron chi connectivity index (χ1n) is 6.29. The fraction of sp³-hybridized carbons (Fsp3) is 0.357. The van der Waals surface area contributed by atoms with Crippen LogP contribution in [0.2, 0.25) is 0 Å². The third-order valence-corrected chi connectivity index (χ3v) is 4.30. The number of nitrogens with zero attached hydrogens (tertiary/aromatic N) is 1. The van der Waals surface area contributed by atoms with Gasteiger partial charge in [-0.05, 0) is 12.1 Å². The molecule has 1 saturated heterocycles. The molecule has 0 unspecified atom stereocenters. The first kappa shape index (κ1) is 12.6. The lowest BCUT2D eigenvalue weighted by Gasteiger charge is -2.30. The van der Waals surface area contributed by atoms with Crippen molar-refractivity contribution in [2.45, 2.75) is 6.04 Å². The minimum absolute atomic E-state index is 0.528. The number of furan rings is 1. The lowest BCUT2D eigenvalue weighted by molar-refractivity contribution is -0.144. The van der Waals surface area contributed by atoms with Gasteiger partial charge in [-0.3, -0.25) is 9.69 Å². The number of hydrogen-bond donors (Lipinski definition) is 1. The van der Waals surface area contributed by atoms with Crippen LogP contribution in [0.1, 0.15) is 11.8 Å². The maximum Gasteiger partial charge on any atom is 0.328 e. The molecule has 1 aromatic carbocycles. The van der Waals surface area contributed by atoms with Crippen molar-refractivity contribution < 1.29 is 14.3 Å². The molecule has 1 aliphatic heterocycles. The maximum atomic E-state index is 11.6. The Kier molecular flexibility index (Phi) is 3.48. The molecule has 2 aromatic rings. The average molecular weight is 277 g/mol. The number of carboxylic acid groups (broad SMARTS) is 1. The Morgan fingerprint density at radius 2 is 2.05 bits per heavy atom. The molecule has 1 aromatic heterocycles. The lowest BCUT2D eigenvalue weighted by Crippen LogP contribution is -2.39. The molecule has 1 aliphatic rings. The van der Waals surface area contributed by atoms with Gasteiger partial charge in [-0.15, -0.1) is 0 Å². The Bertz CT molecular complexity index is 556. The average Bonchev–Trinajstić information content (AvgIpc) is 2.82. The topological polar surface area (TPSA) is 53.7 Å². The van der Waals surface area contributed by atoms with Crippen molar-refractivity contribution >= 4 is 28.7 Å². The van der Waals surface area contributed by atoms with Gasteiger partial charge in [-0.25, -0.2) is 0 Å². The molecule has 0 saturated carbocycles. The van der Waals surface area contributed by atoms with Crippen molar-refractivity contribution in [3.8, 4) is 0 Å². The molecule has 5 heteroatoms. The predicted octanol–water partition coefficient (Wildman–Crippen LogP) is 2.61. The molecule has 1 atom stereocenters. The van der Waals surface area contributed by atoms with Gasteiger partial charge in [-0.1, -0.05) is 18.2 Å². The van der Waals surface area contributed by atoms with Gasteiger partial charge >= 0.3 is 5.97 Å². The summed E-state index contributed by atoms with van der Waals surface area (Å²) in [7, 11) is 0. The number of para-hydroxylation sites is 1. The number of carbonyl (C=O) groups is 1. The molecular formula is C14H15NO3S. The molecule has 0 radical (unpaired) electrons. The van der Waals surface area contributed by atoms with E-state index in [1.807, 2.05) is 47.0 Å². The standard InChI is InChI=1S/C14H15NO3S/c16-14(17)13(15-5-7-19-8-6-15)12-9-10-3-1-2-4-11(10)18-12/h1-4,9,13H,5-8H2,(H,16,17)/t13-/m1/s1. The highest BCUT2D eigenvalue weighted by molar-refractivity contribution is 7.99. The second-order valence-electron chi connectivity index (χ2n) is 4.58. The maximum absolute atomic E-state index is 11.6. The van der Waals surface area contributed by atoms with Gasteiger partial charge in [-0.2, -0.15) is 11.8 Å². The van der Waals surface area contributed by atoms with E-state index in [-0.39, 0.29) is 0 Å². The van der Waals surface area contributed by atoms with Gasteiger partial charge in [0.1, 0.15) is 11.3 Å². The summed E-state index contributed by atoms with van der Waals surface area (Å²) >= 11 is 1.86. The quantitative estimate of drug-likeness (QED) is 0.934. The van der Waals surface area contributed by atoms with Crippen LogP contribution in [0, 0.1) is 0 Å². The molecule has 1 N–H and O–H groups in total. The van der Waals surface area contributed by atoms with Crippen LogP contribution >= 0.6 is 11.8 Å². The van der Waals surface area contributed by atoms with E-state index in [9.17, 15) is 9.90 Å². The van der Waals surface area contributed by atoms with Crippen LogP contribution in [-0.4, -0.2) is 40.6 Å². The molecule has 2 heterocycles. The van der Waals surface area contributed by atoms with E-state index in [1.54, 1.807) is 0 Å². The van der Waals surface area contributed by atoms with Gasteiger partial charge in [0.2, 0.25) is 0 Å². The van der Waals surface area contributed by atoms with E-state index < -0.39 is 12.0 Å². The molecule has 1 fully saturated rings. The minimum Gasteiger partial charge on any atom is -0.480 e. The molecule has 0 aliphatic carbocycles. The summed E-state index contributed by atoms with van der Waals surface area (Å²) in [6.45, 7) is 1.58. The third-order valence-electron chi connectivity index (χ3n) is 3.36. The van der Waals surface area contributed by atoms with E-state index in [4.69, 9.17) is 4.42 Å². The fourth-order valence-electron chi connectivity index (χ4n) is 2.43. The highest BCUT2D eigenvalue weighted by Gasteiger charge is 2.31. The highest BCUT2D eigenvalue weighted by atomic mass is 32.2. The zero-order valence-electron chi connectivity index (χ0n) is 10.4. The van der Waals surface area contributed by atoms with Crippen molar-refractivity contribution in [3.63, 3.8) is 0 Å². The van der Waals surface area contributed by atoms with Crippen LogP contribution in [0.25, 0.3) is 11.0 Å². The largest absolute Gasteiger partial charge is 0.480 e. The smallest absolute Gasteiger partial charge is 0.328 e. The number of benzene rings is 1. The summed E-state index contributed by atoms with van der Waals surface area (Å²) < 4.78 is 5.72. The molecular weight excluding hydrogens is 262 g/mol. The van der Waals surface area contributed by atoms with Gasteiger partial charge in [0.05, 0.1) is 0 Å². The highest BCUT2D eigenvalue weighted by Crippen LogP contribution is 2.29. The number of hydrogen-bond acceptors (Lipinski definition) is 4. The Hall–Kier alpha value is -1.46. The molecule has 0 amide bonds. The minimum atomic E-state index is -0.842. The van der Waals surface area contributed by atoms with E-state index in [0.717, 1.165) is 35.6 Å². The third kappa shape index (κ3) is 2.48. The molecule has 0 bridgehead atoms. The SMILES string of the molecule is O=C(O)[C@@H](c1cc2ccccc2o1)N1CCSCC1. The van der Waals surface area contributed by atoms with Gasteiger partial charge in [0.25, 0.3) is 0 Å². The van der Waals surface area contributed by atoms with Gasteiger partial charge < -0.3 is 9.52 Å². The van der Waals surface area contributed by atoms with Crippen LogP contribution in [0.3, 0.4) is 0 Å². The first-order chi connectivity index (χ1) is 9.25.